The second kappa shape index (κ2) is 4.71. The van der Waals surface area contributed by atoms with Crippen molar-refractivity contribution in [2.45, 2.75) is 23.0 Å². The Morgan fingerprint density at radius 3 is 1.79 bits per heavy atom. The van der Waals surface area contributed by atoms with E-state index in [4.69, 9.17) is 5.73 Å². The molecule has 0 amide bonds. The number of sulfone groups is 1. The second-order valence-corrected chi connectivity index (χ2v) is 5.96. The fourth-order valence-electron chi connectivity index (χ4n) is 1.31. The van der Waals surface area contributed by atoms with E-state index < -0.39 is 33.5 Å². The molecule has 1 atom stereocenters. The Bertz CT molecular complexity index is 550. The molecule has 1 rings (SSSR count). The molecule has 0 aliphatic rings. The predicted molar refractivity (Wildman–Crippen MR) is 57.5 cm³/mol. The Morgan fingerprint density at radius 2 is 1.47 bits per heavy atom. The van der Waals surface area contributed by atoms with E-state index in [0.29, 0.717) is 0 Å². The highest BCUT2D eigenvalue weighted by Crippen LogP contribution is 2.43. The van der Waals surface area contributed by atoms with E-state index >= 15 is 0 Å². The van der Waals surface area contributed by atoms with Crippen molar-refractivity contribution >= 4 is 9.84 Å². The van der Waals surface area contributed by atoms with Crippen molar-refractivity contribution in [1.29, 1.82) is 0 Å². The van der Waals surface area contributed by atoms with Crippen LogP contribution in [0, 0.1) is 0 Å². The van der Waals surface area contributed by atoms with Crippen molar-refractivity contribution in [2.75, 3.05) is 6.26 Å². The predicted octanol–water partition coefficient (Wildman–Crippen LogP) is 2.29. The minimum atomic E-state index is -5.78. The van der Waals surface area contributed by atoms with Gasteiger partial charge < -0.3 is 5.73 Å². The number of rotatable bonds is 3. The van der Waals surface area contributed by atoms with Gasteiger partial charge in [0, 0.05) is 6.26 Å². The lowest BCUT2D eigenvalue weighted by Gasteiger charge is -2.25. The second-order valence-electron chi connectivity index (χ2n) is 3.94. The van der Waals surface area contributed by atoms with E-state index in [1.54, 1.807) is 0 Å². The van der Waals surface area contributed by atoms with Gasteiger partial charge >= 0.3 is 12.1 Å². The van der Waals surface area contributed by atoms with Gasteiger partial charge in [0.25, 0.3) is 0 Å². The lowest BCUT2D eigenvalue weighted by molar-refractivity contribution is -0.291. The summed E-state index contributed by atoms with van der Waals surface area (Å²) in [4.78, 5) is -0.196. The molecule has 3 nitrogen and oxygen atoms in total. The summed E-state index contributed by atoms with van der Waals surface area (Å²) < 4.78 is 84.5. The van der Waals surface area contributed by atoms with Gasteiger partial charge in [-0.15, -0.1) is 0 Å². The van der Waals surface area contributed by atoms with E-state index in [-0.39, 0.29) is 4.90 Å². The first kappa shape index (κ1) is 15.8. The number of hydrogen-bond donors (Lipinski definition) is 1. The maximum absolute atomic E-state index is 13.0. The van der Waals surface area contributed by atoms with Crippen LogP contribution in [0.3, 0.4) is 0 Å². The largest absolute Gasteiger partial charge is 0.455 e. The number of alkyl halides is 5. The van der Waals surface area contributed by atoms with Crippen molar-refractivity contribution in [3.8, 4) is 0 Å². The molecule has 1 aromatic carbocycles. The van der Waals surface area contributed by atoms with E-state index in [1.807, 2.05) is 0 Å². The monoisotopic (exact) mass is 303 g/mol. The third kappa shape index (κ3) is 3.21. The highest BCUT2D eigenvalue weighted by atomic mass is 32.2. The number of benzene rings is 1. The Balaban J connectivity index is 3.12. The first-order valence-electron chi connectivity index (χ1n) is 4.87. The average molecular weight is 303 g/mol. The molecule has 1 aromatic rings. The summed E-state index contributed by atoms with van der Waals surface area (Å²) in [7, 11) is -3.56. The molecule has 0 fully saturated rings. The van der Waals surface area contributed by atoms with Gasteiger partial charge in [-0.25, -0.2) is 8.42 Å². The summed E-state index contributed by atoms with van der Waals surface area (Å²) in [5.41, 5.74) is 4.39. The van der Waals surface area contributed by atoms with Gasteiger partial charge in [0.2, 0.25) is 0 Å². The molecule has 19 heavy (non-hydrogen) atoms. The minimum absolute atomic E-state index is 0.196. The van der Waals surface area contributed by atoms with Gasteiger partial charge in [-0.05, 0) is 17.7 Å². The molecular formula is C10H10F5NO2S. The van der Waals surface area contributed by atoms with Crippen molar-refractivity contribution in [3.63, 3.8) is 0 Å². The summed E-state index contributed by atoms with van der Waals surface area (Å²) in [6.07, 6.45) is -4.89. The normalized spacial score (nSPS) is 15.3. The average Bonchev–Trinajstić information content (AvgIpc) is 2.25. The van der Waals surface area contributed by atoms with Crippen LogP contribution in [0.15, 0.2) is 29.2 Å². The van der Waals surface area contributed by atoms with Crippen molar-refractivity contribution in [3.05, 3.63) is 29.8 Å². The quantitative estimate of drug-likeness (QED) is 0.872. The molecule has 0 radical (unpaired) electrons. The molecule has 0 bridgehead atoms. The van der Waals surface area contributed by atoms with Gasteiger partial charge in [-0.2, -0.15) is 22.0 Å². The van der Waals surface area contributed by atoms with Gasteiger partial charge in [0.05, 0.1) is 4.90 Å². The van der Waals surface area contributed by atoms with Crippen LogP contribution in [-0.2, 0) is 9.84 Å². The summed E-state index contributed by atoms with van der Waals surface area (Å²) >= 11 is 0. The zero-order valence-corrected chi connectivity index (χ0v) is 10.4. The summed E-state index contributed by atoms with van der Waals surface area (Å²) in [5.74, 6) is -5.10. The fourth-order valence-corrected chi connectivity index (χ4v) is 1.94. The van der Waals surface area contributed by atoms with Crippen LogP contribution >= 0.6 is 0 Å². The third-order valence-corrected chi connectivity index (χ3v) is 3.56. The fraction of sp³-hybridized carbons (Fsp3) is 0.400. The summed E-state index contributed by atoms with van der Waals surface area (Å²) in [6.45, 7) is 0. The molecule has 0 saturated heterocycles. The van der Waals surface area contributed by atoms with Crippen LogP contribution in [0.1, 0.15) is 11.6 Å². The number of nitrogens with two attached hydrogens (primary N) is 1. The Kier molecular flexibility index (Phi) is 3.93. The number of halogens is 5. The number of hydrogen-bond acceptors (Lipinski definition) is 3. The van der Waals surface area contributed by atoms with Gasteiger partial charge in [-0.3, -0.25) is 0 Å². The molecule has 0 aliphatic carbocycles. The summed E-state index contributed by atoms with van der Waals surface area (Å²) in [6, 6.07) is 0.927. The van der Waals surface area contributed by atoms with Crippen molar-refractivity contribution < 1.29 is 30.4 Å². The molecule has 108 valence electrons. The van der Waals surface area contributed by atoms with Crippen LogP contribution in [0.4, 0.5) is 22.0 Å². The third-order valence-electron chi connectivity index (χ3n) is 2.44. The highest BCUT2D eigenvalue weighted by Gasteiger charge is 2.61. The van der Waals surface area contributed by atoms with E-state index in [2.05, 4.69) is 0 Å². The van der Waals surface area contributed by atoms with Crippen LogP contribution in [0.5, 0.6) is 0 Å². The Morgan fingerprint density at radius 1 is 1.05 bits per heavy atom. The van der Waals surface area contributed by atoms with E-state index in [0.717, 1.165) is 30.5 Å². The van der Waals surface area contributed by atoms with Crippen LogP contribution in [0.2, 0.25) is 0 Å². The molecule has 0 unspecified atom stereocenters. The zero-order chi connectivity index (χ0) is 15.1. The first-order valence-corrected chi connectivity index (χ1v) is 6.76. The van der Waals surface area contributed by atoms with Crippen molar-refractivity contribution in [1.82, 2.24) is 0 Å². The van der Waals surface area contributed by atoms with Crippen LogP contribution in [-0.4, -0.2) is 26.8 Å². The minimum Gasteiger partial charge on any atom is -0.319 e. The molecule has 0 spiro atoms. The lowest BCUT2D eigenvalue weighted by Crippen LogP contribution is -2.45. The van der Waals surface area contributed by atoms with E-state index in [9.17, 15) is 30.4 Å². The smallest absolute Gasteiger partial charge is 0.319 e. The van der Waals surface area contributed by atoms with E-state index in [1.165, 1.54) is 0 Å². The SMILES string of the molecule is CS(=O)(=O)c1ccc([C@@H](N)C(F)(F)C(F)(F)F)cc1. The Hall–Kier alpha value is -1.22. The molecule has 0 aromatic heterocycles. The molecule has 2 N–H and O–H groups in total. The standard InChI is InChI=1S/C10H10F5NO2S/c1-19(17,18)7-4-2-6(3-5-7)8(16)9(11,12)10(13,14)15/h2-5,8H,16H2,1H3/t8-/m1/s1. The maximum Gasteiger partial charge on any atom is 0.455 e. The molecule has 0 aliphatic heterocycles. The van der Waals surface area contributed by atoms with Crippen molar-refractivity contribution in [2.24, 2.45) is 5.73 Å². The van der Waals surface area contributed by atoms with Gasteiger partial charge in [0.1, 0.15) is 6.04 Å². The molecule has 9 heteroatoms. The lowest BCUT2D eigenvalue weighted by atomic mass is 10.0. The summed E-state index contributed by atoms with van der Waals surface area (Å²) in [5, 5.41) is 0. The van der Waals surface area contributed by atoms with Gasteiger partial charge in [0.15, 0.2) is 9.84 Å². The maximum atomic E-state index is 13.0. The molecule has 0 heterocycles. The molecule has 0 saturated carbocycles. The van der Waals surface area contributed by atoms with Crippen LogP contribution in [0.25, 0.3) is 0 Å². The topological polar surface area (TPSA) is 60.2 Å². The highest BCUT2D eigenvalue weighted by molar-refractivity contribution is 7.90. The zero-order valence-electron chi connectivity index (χ0n) is 9.58. The Labute approximate surface area is 106 Å². The van der Waals surface area contributed by atoms with Crippen LogP contribution < -0.4 is 5.73 Å². The van der Waals surface area contributed by atoms with Gasteiger partial charge in [-0.1, -0.05) is 12.1 Å². The first-order chi connectivity index (χ1) is 8.37. The molecular weight excluding hydrogens is 293 g/mol.